The predicted molar refractivity (Wildman–Crippen MR) is 89.5 cm³/mol. The van der Waals surface area contributed by atoms with Crippen LogP contribution in [-0.2, 0) is 11.3 Å². The molecular formula is C16H20BrN3O. The third kappa shape index (κ3) is 3.80. The summed E-state index contributed by atoms with van der Waals surface area (Å²) in [4.78, 5) is 9.19. The first-order valence-electron chi connectivity index (χ1n) is 6.93. The molecule has 1 aromatic heterocycles. The maximum absolute atomic E-state index is 5.19. The molecule has 0 aliphatic rings. The lowest BCUT2D eigenvalue weighted by atomic mass is 10.1. The number of methoxy groups -OCH3 is 1. The van der Waals surface area contributed by atoms with Gasteiger partial charge in [-0.15, -0.1) is 0 Å². The molecule has 0 aliphatic heterocycles. The highest BCUT2D eigenvalue weighted by atomic mass is 79.9. The number of halogens is 1. The van der Waals surface area contributed by atoms with Crippen molar-refractivity contribution in [3.05, 3.63) is 39.5 Å². The van der Waals surface area contributed by atoms with Gasteiger partial charge in [0.1, 0.15) is 5.82 Å². The lowest BCUT2D eigenvalue weighted by Crippen LogP contribution is -2.05. The summed E-state index contributed by atoms with van der Waals surface area (Å²) < 4.78 is 6.32. The van der Waals surface area contributed by atoms with Gasteiger partial charge in [0.15, 0.2) is 5.82 Å². The van der Waals surface area contributed by atoms with Crippen LogP contribution in [0.4, 0.5) is 5.82 Å². The van der Waals surface area contributed by atoms with E-state index in [-0.39, 0.29) is 0 Å². The van der Waals surface area contributed by atoms with E-state index in [4.69, 9.17) is 4.74 Å². The first-order chi connectivity index (χ1) is 10.0. The van der Waals surface area contributed by atoms with Crippen molar-refractivity contribution in [2.45, 2.75) is 27.4 Å². The minimum absolute atomic E-state index is 0.475. The Hall–Kier alpha value is -1.46. The molecule has 0 radical (unpaired) electrons. The summed E-state index contributed by atoms with van der Waals surface area (Å²) in [6.45, 7) is 7.49. The van der Waals surface area contributed by atoms with Crippen LogP contribution >= 0.6 is 15.9 Å². The zero-order valence-electron chi connectivity index (χ0n) is 12.8. The molecule has 0 bridgehead atoms. The normalized spacial score (nSPS) is 10.7. The van der Waals surface area contributed by atoms with Gasteiger partial charge >= 0.3 is 0 Å². The minimum atomic E-state index is 0.475. The molecule has 0 unspecified atom stereocenters. The van der Waals surface area contributed by atoms with Gasteiger partial charge in [0.05, 0.1) is 12.3 Å². The average Bonchev–Trinajstić information content (AvgIpc) is 2.44. The van der Waals surface area contributed by atoms with E-state index >= 15 is 0 Å². The number of hydrogen-bond acceptors (Lipinski definition) is 4. The van der Waals surface area contributed by atoms with Crippen LogP contribution < -0.4 is 5.32 Å². The van der Waals surface area contributed by atoms with Crippen LogP contribution in [0.3, 0.4) is 0 Å². The maximum atomic E-state index is 5.19. The largest absolute Gasteiger partial charge is 0.378 e. The highest BCUT2D eigenvalue weighted by molar-refractivity contribution is 9.10. The number of rotatable bonds is 5. The third-order valence-corrected chi connectivity index (χ3v) is 4.37. The summed E-state index contributed by atoms with van der Waals surface area (Å²) in [6, 6.07) is 6.12. The monoisotopic (exact) mass is 349 g/mol. The van der Waals surface area contributed by atoms with Crippen molar-refractivity contribution in [3.63, 3.8) is 0 Å². The first kappa shape index (κ1) is 15.9. The number of ether oxygens (including phenoxy) is 1. The van der Waals surface area contributed by atoms with Gasteiger partial charge < -0.3 is 10.1 Å². The Morgan fingerprint density at radius 3 is 2.38 bits per heavy atom. The first-order valence-corrected chi connectivity index (χ1v) is 7.72. The van der Waals surface area contributed by atoms with Crippen LogP contribution in [0, 0.1) is 13.8 Å². The molecule has 0 atom stereocenters. The Labute approximate surface area is 134 Å². The molecule has 112 valence electrons. The Balaban J connectivity index is 2.51. The Bertz CT molecular complexity index is 596. The maximum Gasteiger partial charge on any atom is 0.161 e. The second-order valence-corrected chi connectivity index (χ2v) is 5.75. The van der Waals surface area contributed by atoms with Gasteiger partial charge in [0, 0.05) is 29.8 Å². The number of hydrogen-bond donors (Lipinski definition) is 1. The molecule has 1 aromatic carbocycles. The number of anilines is 1. The summed E-state index contributed by atoms with van der Waals surface area (Å²) in [5.41, 5.74) is 4.24. The van der Waals surface area contributed by atoms with E-state index < -0.39 is 0 Å². The van der Waals surface area contributed by atoms with Crippen LogP contribution in [0.1, 0.15) is 23.7 Å². The number of nitrogens with one attached hydrogen (secondary N) is 1. The van der Waals surface area contributed by atoms with Crippen molar-refractivity contribution < 1.29 is 4.74 Å². The molecule has 0 saturated carbocycles. The van der Waals surface area contributed by atoms with Crippen LogP contribution in [0.2, 0.25) is 0 Å². The molecule has 1 N–H and O–H groups in total. The summed E-state index contributed by atoms with van der Waals surface area (Å²) >= 11 is 3.59. The SMILES string of the molecule is CCNc1cc(COC)nc(-c2cc(C)c(Br)c(C)c2)n1. The minimum Gasteiger partial charge on any atom is -0.378 e. The highest BCUT2D eigenvalue weighted by Crippen LogP contribution is 2.27. The van der Waals surface area contributed by atoms with E-state index in [0.717, 1.165) is 33.9 Å². The summed E-state index contributed by atoms with van der Waals surface area (Å²) in [5.74, 6) is 1.55. The number of aromatic nitrogens is 2. The molecule has 0 amide bonds. The second kappa shape index (κ2) is 7.00. The Morgan fingerprint density at radius 2 is 1.81 bits per heavy atom. The summed E-state index contributed by atoms with van der Waals surface area (Å²) in [6.07, 6.45) is 0. The molecule has 2 aromatic rings. The molecule has 0 saturated heterocycles. The van der Waals surface area contributed by atoms with Crippen molar-refractivity contribution >= 4 is 21.7 Å². The van der Waals surface area contributed by atoms with Gasteiger partial charge in [0.25, 0.3) is 0 Å². The van der Waals surface area contributed by atoms with Crippen LogP contribution in [0.15, 0.2) is 22.7 Å². The summed E-state index contributed by atoms with van der Waals surface area (Å²) in [7, 11) is 1.67. The quantitative estimate of drug-likeness (QED) is 0.882. The van der Waals surface area contributed by atoms with Gasteiger partial charge in [-0.2, -0.15) is 0 Å². The van der Waals surface area contributed by atoms with Gasteiger partial charge in [-0.05, 0) is 44.0 Å². The van der Waals surface area contributed by atoms with Gasteiger partial charge in [-0.25, -0.2) is 9.97 Å². The van der Waals surface area contributed by atoms with Crippen molar-refractivity contribution in [2.24, 2.45) is 0 Å². The third-order valence-electron chi connectivity index (χ3n) is 3.12. The standard InChI is InChI=1S/C16H20BrN3O/c1-5-18-14-8-13(9-21-4)19-16(20-14)12-6-10(2)15(17)11(3)7-12/h6-8H,5,9H2,1-4H3,(H,18,19,20). The number of nitrogens with zero attached hydrogens (tertiary/aromatic N) is 2. The van der Waals surface area contributed by atoms with E-state index in [1.54, 1.807) is 7.11 Å². The van der Waals surface area contributed by atoms with Crippen LogP contribution in [0.5, 0.6) is 0 Å². The van der Waals surface area contributed by atoms with Gasteiger partial charge in [-0.3, -0.25) is 0 Å². The lowest BCUT2D eigenvalue weighted by molar-refractivity contribution is 0.181. The smallest absolute Gasteiger partial charge is 0.161 e. The second-order valence-electron chi connectivity index (χ2n) is 4.96. The zero-order valence-corrected chi connectivity index (χ0v) is 14.4. The molecule has 0 spiro atoms. The predicted octanol–water partition coefficient (Wildman–Crippen LogP) is 4.10. The molecule has 0 aliphatic carbocycles. The molecule has 2 rings (SSSR count). The van der Waals surface area contributed by atoms with E-state index in [1.165, 1.54) is 11.1 Å². The van der Waals surface area contributed by atoms with E-state index in [1.807, 2.05) is 13.0 Å². The fourth-order valence-corrected chi connectivity index (χ4v) is 2.42. The van der Waals surface area contributed by atoms with Crippen molar-refractivity contribution in [2.75, 3.05) is 19.0 Å². The van der Waals surface area contributed by atoms with Crippen LogP contribution in [-0.4, -0.2) is 23.6 Å². The number of aryl methyl sites for hydroxylation is 2. The molecule has 4 nitrogen and oxygen atoms in total. The van der Waals surface area contributed by atoms with Crippen LogP contribution in [0.25, 0.3) is 11.4 Å². The van der Waals surface area contributed by atoms with Crippen molar-refractivity contribution in [1.29, 1.82) is 0 Å². The van der Waals surface area contributed by atoms with E-state index in [9.17, 15) is 0 Å². The Morgan fingerprint density at radius 1 is 1.14 bits per heavy atom. The topological polar surface area (TPSA) is 47.0 Å². The molecule has 1 heterocycles. The number of benzene rings is 1. The van der Waals surface area contributed by atoms with E-state index in [2.05, 4.69) is 57.2 Å². The molecular weight excluding hydrogens is 330 g/mol. The molecule has 0 fully saturated rings. The zero-order chi connectivity index (χ0) is 15.4. The lowest BCUT2D eigenvalue weighted by Gasteiger charge is -2.11. The van der Waals surface area contributed by atoms with Gasteiger partial charge in [0.2, 0.25) is 0 Å². The highest BCUT2D eigenvalue weighted by Gasteiger charge is 2.10. The van der Waals surface area contributed by atoms with Gasteiger partial charge in [-0.1, -0.05) is 15.9 Å². The van der Waals surface area contributed by atoms with Crippen molar-refractivity contribution in [3.8, 4) is 11.4 Å². The summed E-state index contributed by atoms with van der Waals surface area (Å²) in [5, 5.41) is 3.24. The fraction of sp³-hybridized carbons (Fsp3) is 0.375. The van der Waals surface area contributed by atoms with Crippen molar-refractivity contribution in [1.82, 2.24) is 9.97 Å². The Kier molecular flexibility index (Phi) is 5.31. The fourth-order valence-electron chi connectivity index (χ4n) is 2.20. The van der Waals surface area contributed by atoms with E-state index in [0.29, 0.717) is 6.61 Å². The molecule has 21 heavy (non-hydrogen) atoms. The average molecular weight is 350 g/mol. The molecule has 5 heteroatoms.